The molecule has 1 aliphatic heterocycles. The fourth-order valence-corrected chi connectivity index (χ4v) is 3.95. The number of amidine groups is 1. The zero-order valence-corrected chi connectivity index (χ0v) is 19.6. The minimum atomic E-state index is -0.297. The van der Waals surface area contributed by atoms with Crippen LogP contribution in [0.3, 0.4) is 0 Å². The van der Waals surface area contributed by atoms with Gasteiger partial charge in [-0.2, -0.15) is 4.51 Å². The number of carbonyl (C=O) groups is 1. The van der Waals surface area contributed by atoms with E-state index in [9.17, 15) is 9.90 Å². The zero-order valence-electron chi connectivity index (χ0n) is 18.8. The molecule has 0 bridgehead atoms. The first-order chi connectivity index (χ1) is 13.8. The number of halogens is 1. The maximum Gasteiger partial charge on any atom is 0.182 e. The van der Waals surface area contributed by atoms with Crippen molar-refractivity contribution in [2.45, 2.75) is 65.8 Å². The molecular weight excluding hydrogens is 398 g/mol. The van der Waals surface area contributed by atoms with Crippen LogP contribution in [0, 0.1) is 6.92 Å². The number of benzene rings is 1. The van der Waals surface area contributed by atoms with Crippen molar-refractivity contribution in [1.82, 2.24) is 9.88 Å². The first-order valence-electron chi connectivity index (χ1n) is 10.1. The number of fused-ring (bicyclic) bond motifs is 1. The van der Waals surface area contributed by atoms with Gasteiger partial charge >= 0.3 is 0 Å². The van der Waals surface area contributed by atoms with Crippen LogP contribution in [0.1, 0.15) is 80.0 Å². The Morgan fingerprint density at radius 2 is 1.70 bits per heavy atom. The molecule has 1 aromatic heterocycles. The maximum atomic E-state index is 13.3. The van der Waals surface area contributed by atoms with E-state index in [-0.39, 0.29) is 28.9 Å². The van der Waals surface area contributed by atoms with E-state index in [0.717, 1.165) is 28.1 Å². The second-order valence-electron chi connectivity index (χ2n) is 10.1. The Morgan fingerprint density at radius 3 is 2.20 bits per heavy atom. The molecular formula is C24H30ClN3O2. The fourth-order valence-electron chi connectivity index (χ4n) is 3.76. The van der Waals surface area contributed by atoms with Gasteiger partial charge in [0.1, 0.15) is 11.4 Å². The summed E-state index contributed by atoms with van der Waals surface area (Å²) in [7, 11) is 0. The summed E-state index contributed by atoms with van der Waals surface area (Å²) in [6, 6.07) is 7.58. The summed E-state index contributed by atoms with van der Waals surface area (Å²) >= 11 is 5.86. The number of phenolic OH excluding ortho intramolecular Hbond substituents is 1. The number of phenols is 1. The Morgan fingerprint density at radius 1 is 1.13 bits per heavy atom. The van der Waals surface area contributed by atoms with Gasteiger partial charge in [0.15, 0.2) is 11.6 Å². The predicted octanol–water partition coefficient (Wildman–Crippen LogP) is 5.29. The molecule has 0 saturated carbocycles. The molecule has 0 aliphatic carbocycles. The predicted molar refractivity (Wildman–Crippen MR) is 122 cm³/mol. The van der Waals surface area contributed by atoms with Crippen molar-refractivity contribution in [1.29, 1.82) is 0 Å². The first-order valence-corrected chi connectivity index (χ1v) is 10.5. The average Bonchev–Trinajstić information content (AvgIpc) is 2.95. The number of carbonyl (C=O) groups excluding carboxylic acids is 1. The molecule has 0 unspecified atom stereocenters. The third-order valence-corrected chi connectivity index (χ3v) is 5.61. The molecule has 0 radical (unpaired) electrons. The summed E-state index contributed by atoms with van der Waals surface area (Å²) in [5.41, 5.74) is 4.14. The molecule has 0 saturated heterocycles. The topological polar surface area (TPSA) is 65.8 Å². The van der Waals surface area contributed by atoms with Crippen molar-refractivity contribution < 1.29 is 9.90 Å². The highest BCUT2D eigenvalue weighted by molar-refractivity contribution is 6.23. The van der Waals surface area contributed by atoms with Crippen molar-refractivity contribution in [2.75, 3.05) is 6.54 Å². The molecule has 2 heterocycles. The Balaban J connectivity index is 1.98. The number of hydrogen-bond donors (Lipinski definition) is 1. The number of aryl methyl sites for hydroxylation is 1. The van der Waals surface area contributed by atoms with Crippen LogP contribution in [0.5, 0.6) is 5.75 Å². The number of ketones is 1. The van der Waals surface area contributed by atoms with E-state index < -0.39 is 0 Å². The lowest BCUT2D eigenvalue weighted by Crippen LogP contribution is -2.31. The number of hydrogen-bond acceptors (Lipinski definition) is 4. The molecule has 0 spiro atoms. The largest absolute Gasteiger partial charge is 0.507 e. The minimum absolute atomic E-state index is 0.0478. The molecule has 0 amide bonds. The molecule has 1 N–H and O–H groups in total. The third-order valence-electron chi connectivity index (χ3n) is 5.45. The molecule has 2 aromatic rings. The highest BCUT2D eigenvalue weighted by Crippen LogP contribution is 2.40. The smallest absolute Gasteiger partial charge is 0.182 e. The van der Waals surface area contributed by atoms with Crippen molar-refractivity contribution in [3.63, 3.8) is 0 Å². The quantitative estimate of drug-likeness (QED) is 0.676. The van der Waals surface area contributed by atoms with Gasteiger partial charge in [-0.1, -0.05) is 47.6 Å². The summed E-state index contributed by atoms with van der Waals surface area (Å²) in [4.78, 5) is 19.7. The molecule has 0 fully saturated rings. The minimum Gasteiger partial charge on any atom is -0.507 e. The number of aromatic nitrogens is 1. The van der Waals surface area contributed by atoms with Crippen LogP contribution in [-0.2, 0) is 17.4 Å². The van der Waals surface area contributed by atoms with E-state index in [4.69, 9.17) is 11.8 Å². The normalized spacial score (nSPS) is 15.6. The SMILES string of the molecule is Cc1ccc2c(n1)C(=NCl)N(CC(=O)c1cc(C(C)(C)C)c(O)c(C(C)(C)C)c1)C2. The van der Waals surface area contributed by atoms with Gasteiger partial charge in [-0.25, -0.2) is 4.98 Å². The molecule has 1 aromatic carbocycles. The molecule has 1 aliphatic rings. The number of nitrogens with zero attached hydrogens (tertiary/aromatic N) is 3. The lowest BCUT2D eigenvalue weighted by molar-refractivity contribution is 0.0962. The zero-order chi connectivity index (χ0) is 22.4. The average molecular weight is 428 g/mol. The van der Waals surface area contributed by atoms with E-state index in [1.165, 1.54) is 0 Å². The number of Topliss-reactive ketones (excluding diaryl/α,β-unsaturated/α-hetero) is 1. The van der Waals surface area contributed by atoms with Gasteiger partial charge in [-0.05, 0) is 36.0 Å². The molecule has 160 valence electrons. The Bertz CT molecular complexity index is 995. The second-order valence-corrected chi connectivity index (χ2v) is 10.2. The van der Waals surface area contributed by atoms with Gasteiger partial charge < -0.3 is 10.0 Å². The van der Waals surface area contributed by atoms with E-state index in [2.05, 4.69) is 9.50 Å². The highest BCUT2D eigenvalue weighted by Gasteiger charge is 2.31. The van der Waals surface area contributed by atoms with Crippen LogP contribution < -0.4 is 0 Å². The van der Waals surface area contributed by atoms with Crippen molar-refractivity contribution in [3.05, 3.63) is 57.9 Å². The Kier molecular flexibility index (Phi) is 5.72. The third kappa shape index (κ3) is 4.22. The molecule has 5 nitrogen and oxygen atoms in total. The van der Waals surface area contributed by atoms with Crippen LogP contribution in [0.15, 0.2) is 28.8 Å². The fraction of sp³-hybridized carbons (Fsp3) is 0.458. The molecule has 3 rings (SSSR count). The van der Waals surface area contributed by atoms with Gasteiger partial charge in [-0.3, -0.25) is 4.79 Å². The lowest BCUT2D eigenvalue weighted by atomic mass is 9.78. The second kappa shape index (κ2) is 7.69. The van der Waals surface area contributed by atoms with Crippen LogP contribution in [0.4, 0.5) is 0 Å². The highest BCUT2D eigenvalue weighted by atomic mass is 35.5. The molecule has 0 atom stereocenters. The van der Waals surface area contributed by atoms with Gasteiger partial charge in [0.05, 0.1) is 6.54 Å². The summed E-state index contributed by atoms with van der Waals surface area (Å²) in [6.45, 7) is 14.8. The van der Waals surface area contributed by atoms with Crippen molar-refractivity contribution in [3.8, 4) is 5.75 Å². The van der Waals surface area contributed by atoms with E-state index >= 15 is 0 Å². The molecule has 6 heteroatoms. The summed E-state index contributed by atoms with van der Waals surface area (Å²) < 4.78 is 3.89. The van der Waals surface area contributed by atoms with Crippen molar-refractivity contribution in [2.24, 2.45) is 4.51 Å². The Labute approximate surface area is 183 Å². The Hall–Kier alpha value is -2.40. The van der Waals surface area contributed by atoms with Crippen LogP contribution in [0.2, 0.25) is 0 Å². The summed E-state index contributed by atoms with van der Waals surface area (Å²) in [5, 5.41) is 10.9. The van der Waals surface area contributed by atoms with Gasteiger partial charge in [0.2, 0.25) is 0 Å². The maximum absolute atomic E-state index is 13.3. The molecule has 30 heavy (non-hydrogen) atoms. The van der Waals surface area contributed by atoms with Gasteiger partial charge in [-0.15, -0.1) is 0 Å². The van der Waals surface area contributed by atoms with Crippen molar-refractivity contribution >= 4 is 23.4 Å². The van der Waals surface area contributed by atoms with Gasteiger partial charge in [0.25, 0.3) is 0 Å². The standard InChI is InChI=1S/C24H30ClN3O2/c1-14-8-9-15-12-28(22(27-25)20(15)26-14)13-19(29)16-10-17(23(2,3)4)21(30)18(11-16)24(5,6)7/h8-11,30H,12-13H2,1-7H3. The number of pyridine rings is 1. The lowest BCUT2D eigenvalue weighted by Gasteiger charge is -2.28. The number of aromatic hydroxyl groups is 1. The van der Waals surface area contributed by atoms with Crippen LogP contribution in [0.25, 0.3) is 0 Å². The van der Waals surface area contributed by atoms with E-state index in [0.29, 0.717) is 17.9 Å². The summed E-state index contributed by atoms with van der Waals surface area (Å²) in [6.07, 6.45) is 0. The summed E-state index contributed by atoms with van der Waals surface area (Å²) in [5.74, 6) is 0.741. The van der Waals surface area contributed by atoms with E-state index in [1.54, 1.807) is 0 Å². The van der Waals surface area contributed by atoms with Crippen LogP contribution >= 0.6 is 11.8 Å². The van der Waals surface area contributed by atoms with E-state index in [1.807, 2.05) is 77.6 Å². The number of rotatable bonds is 3. The van der Waals surface area contributed by atoms with Gasteiger partial charge in [0, 0.05) is 46.3 Å². The monoisotopic (exact) mass is 427 g/mol. The first kappa shape index (κ1) is 22.3. The van der Waals surface area contributed by atoms with Crippen LogP contribution in [-0.4, -0.2) is 33.2 Å².